The van der Waals surface area contributed by atoms with E-state index in [0.717, 1.165) is 19.4 Å². The van der Waals surface area contributed by atoms with Crippen LogP contribution < -0.4 is 0 Å². The van der Waals surface area contributed by atoms with E-state index in [2.05, 4.69) is 9.72 Å². The second kappa shape index (κ2) is 4.33. The lowest BCUT2D eigenvalue weighted by atomic mass is 10.1. The number of ether oxygens (including phenoxy) is 1. The SMILES string of the molecule is COC(=O)c1c(C(F)(F)F)ccnc1I. The maximum atomic E-state index is 12.5. The summed E-state index contributed by atoms with van der Waals surface area (Å²) in [7, 11) is 1.02. The molecule has 0 bridgehead atoms. The van der Waals surface area contributed by atoms with Gasteiger partial charge in [0.25, 0.3) is 0 Å². The number of alkyl halides is 3. The van der Waals surface area contributed by atoms with Crippen molar-refractivity contribution in [2.24, 2.45) is 0 Å². The molecule has 1 aromatic rings. The number of rotatable bonds is 1. The number of esters is 1. The zero-order valence-corrected chi connectivity index (χ0v) is 9.59. The molecular weight excluding hydrogens is 326 g/mol. The second-order valence-electron chi connectivity index (χ2n) is 2.51. The van der Waals surface area contributed by atoms with E-state index in [4.69, 9.17) is 0 Å². The smallest absolute Gasteiger partial charge is 0.417 e. The minimum Gasteiger partial charge on any atom is -0.465 e. The Kier molecular flexibility index (Phi) is 3.53. The van der Waals surface area contributed by atoms with Crippen LogP contribution in [0.3, 0.4) is 0 Å². The van der Waals surface area contributed by atoms with Crippen molar-refractivity contribution < 1.29 is 22.7 Å². The Balaban J connectivity index is 3.40. The molecule has 0 aliphatic rings. The fourth-order valence-corrected chi connectivity index (χ4v) is 1.64. The highest BCUT2D eigenvalue weighted by atomic mass is 127. The topological polar surface area (TPSA) is 39.2 Å². The Labute approximate surface area is 96.8 Å². The zero-order chi connectivity index (χ0) is 11.6. The average molecular weight is 331 g/mol. The molecule has 0 aromatic carbocycles. The van der Waals surface area contributed by atoms with Crippen LogP contribution >= 0.6 is 22.6 Å². The van der Waals surface area contributed by atoms with E-state index in [1.54, 1.807) is 22.6 Å². The lowest BCUT2D eigenvalue weighted by molar-refractivity contribution is -0.138. The normalized spacial score (nSPS) is 11.3. The van der Waals surface area contributed by atoms with Crippen LogP contribution in [0.2, 0.25) is 0 Å². The minimum atomic E-state index is -4.59. The highest BCUT2D eigenvalue weighted by molar-refractivity contribution is 14.1. The summed E-state index contributed by atoms with van der Waals surface area (Å²) in [5.74, 6) is -1.04. The Hall–Kier alpha value is -0.860. The molecule has 1 aromatic heterocycles. The molecule has 0 N–H and O–H groups in total. The van der Waals surface area contributed by atoms with E-state index < -0.39 is 23.3 Å². The van der Waals surface area contributed by atoms with Gasteiger partial charge in [0.15, 0.2) is 0 Å². The minimum absolute atomic E-state index is 0.0331. The number of aromatic nitrogens is 1. The van der Waals surface area contributed by atoms with Crippen molar-refractivity contribution in [1.29, 1.82) is 0 Å². The molecule has 0 aliphatic heterocycles. The molecule has 0 radical (unpaired) electrons. The molecule has 15 heavy (non-hydrogen) atoms. The monoisotopic (exact) mass is 331 g/mol. The average Bonchev–Trinajstić information content (AvgIpc) is 2.15. The summed E-state index contributed by atoms with van der Waals surface area (Å²) in [6, 6.07) is 0.744. The van der Waals surface area contributed by atoms with Crippen molar-refractivity contribution >= 4 is 28.6 Å². The number of hydrogen-bond acceptors (Lipinski definition) is 3. The first-order valence-corrected chi connectivity index (χ1v) is 4.75. The molecule has 0 amide bonds. The Morgan fingerprint density at radius 3 is 2.60 bits per heavy atom. The highest BCUT2D eigenvalue weighted by Gasteiger charge is 2.37. The molecule has 0 saturated carbocycles. The van der Waals surface area contributed by atoms with Crippen molar-refractivity contribution in [2.75, 3.05) is 7.11 Å². The van der Waals surface area contributed by atoms with Crippen molar-refractivity contribution in [3.63, 3.8) is 0 Å². The molecule has 1 rings (SSSR count). The standard InChI is InChI=1S/C8H5F3INO2/c1-15-7(14)5-4(8(9,10)11)2-3-13-6(5)12/h2-3H,1H3. The van der Waals surface area contributed by atoms with Crippen LogP contribution in [0, 0.1) is 3.70 Å². The molecule has 0 aliphatic carbocycles. The maximum absolute atomic E-state index is 12.5. The predicted molar refractivity (Wildman–Crippen MR) is 53.3 cm³/mol. The first-order valence-electron chi connectivity index (χ1n) is 3.68. The van der Waals surface area contributed by atoms with E-state index in [1.165, 1.54) is 0 Å². The number of hydrogen-bond donors (Lipinski definition) is 0. The number of halogens is 4. The number of carbonyl (C=O) groups excluding carboxylic acids is 1. The van der Waals surface area contributed by atoms with Crippen LogP contribution in [0.4, 0.5) is 13.2 Å². The molecule has 3 nitrogen and oxygen atoms in total. The summed E-state index contributed by atoms with van der Waals surface area (Å²) in [5.41, 5.74) is -1.58. The van der Waals surface area contributed by atoms with Gasteiger partial charge in [-0.15, -0.1) is 0 Å². The van der Waals surface area contributed by atoms with Crippen LogP contribution in [0.15, 0.2) is 12.3 Å². The van der Waals surface area contributed by atoms with E-state index in [-0.39, 0.29) is 3.70 Å². The first kappa shape index (κ1) is 12.2. The number of nitrogens with zero attached hydrogens (tertiary/aromatic N) is 1. The van der Waals surface area contributed by atoms with Gasteiger partial charge < -0.3 is 4.74 Å². The predicted octanol–water partition coefficient (Wildman–Crippen LogP) is 2.49. The van der Waals surface area contributed by atoms with Crippen LogP contribution in [0.1, 0.15) is 15.9 Å². The summed E-state index contributed by atoms with van der Waals surface area (Å²) in [6.45, 7) is 0. The lowest BCUT2D eigenvalue weighted by Crippen LogP contribution is -2.16. The third-order valence-corrected chi connectivity index (χ3v) is 2.42. The second-order valence-corrected chi connectivity index (χ2v) is 3.54. The van der Waals surface area contributed by atoms with Crippen LogP contribution in [-0.2, 0) is 10.9 Å². The molecular formula is C8H5F3INO2. The number of methoxy groups -OCH3 is 1. The molecule has 0 saturated heterocycles. The van der Waals surface area contributed by atoms with Gasteiger partial charge in [-0.25, -0.2) is 9.78 Å². The molecule has 0 unspecified atom stereocenters. The molecule has 0 spiro atoms. The maximum Gasteiger partial charge on any atom is 0.417 e. The van der Waals surface area contributed by atoms with Crippen LogP contribution in [0.5, 0.6) is 0 Å². The van der Waals surface area contributed by atoms with E-state index in [0.29, 0.717) is 0 Å². The lowest BCUT2D eigenvalue weighted by Gasteiger charge is -2.11. The molecule has 7 heteroatoms. The Bertz CT molecular complexity index is 392. The fourth-order valence-electron chi connectivity index (χ4n) is 0.969. The summed E-state index contributed by atoms with van der Waals surface area (Å²) >= 11 is 1.55. The van der Waals surface area contributed by atoms with Gasteiger partial charge in [0, 0.05) is 6.20 Å². The fraction of sp³-hybridized carbons (Fsp3) is 0.250. The molecule has 82 valence electrons. The third kappa shape index (κ3) is 2.58. The Morgan fingerprint density at radius 1 is 1.53 bits per heavy atom. The number of carbonyl (C=O) groups is 1. The zero-order valence-electron chi connectivity index (χ0n) is 7.43. The molecule has 0 fully saturated rings. The van der Waals surface area contributed by atoms with Crippen LogP contribution in [-0.4, -0.2) is 18.1 Å². The summed E-state index contributed by atoms with van der Waals surface area (Å²) in [6.07, 6.45) is -3.59. The first-order chi connectivity index (χ1) is 6.88. The molecule has 1 heterocycles. The van der Waals surface area contributed by atoms with Crippen LogP contribution in [0.25, 0.3) is 0 Å². The van der Waals surface area contributed by atoms with Gasteiger partial charge >= 0.3 is 12.1 Å². The van der Waals surface area contributed by atoms with Gasteiger partial charge in [-0.1, -0.05) is 0 Å². The van der Waals surface area contributed by atoms with Gasteiger partial charge in [-0.2, -0.15) is 13.2 Å². The molecule has 0 atom stereocenters. The quantitative estimate of drug-likeness (QED) is 0.451. The summed E-state index contributed by atoms with van der Waals surface area (Å²) in [5, 5.41) is 0. The summed E-state index contributed by atoms with van der Waals surface area (Å²) in [4.78, 5) is 14.7. The van der Waals surface area contributed by atoms with Crippen molar-refractivity contribution in [3.8, 4) is 0 Å². The van der Waals surface area contributed by atoms with Crippen molar-refractivity contribution in [2.45, 2.75) is 6.18 Å². The van der Waals surface area contributed by atoms with E-state index in [9.17, 15) is 18.0 Å². The highest BCUT2D eigenvalue weighted by Crippen LogP contribution is 2.33. The summed E-state index contributed by atoms with van der Waals surface area (Å²) < 4.78 is 41.7. The van der Waals surface area contributed by atoms with Crippen molar-refractivity contribution in [1.82, 2.24) is 4.98 Å². The van der Waals surface area contributed by atoms with E-state index >= 15 is 0 Å². The van der Waals surface area contributed by atoms with Crippen molar-refractivity contribution in [3.05, 3.63) is 27.1 Å². The third-order valence-electron chi connectivity index (χ3n) is 1.60. The van der Waals surface area contributed by atoms with E-state index in [1.807, 2.05) is 0 Å². The van der Waals surface area contributed by atoms with Gasteiger partial charge in [0.2, 0.25) is 0 Å². The Morgan fingerprint density at radius 2 is 2.13 bits per heavy atom. The number of pyridine rings is 1. The van der Waals surface area contributed by atoms with Gasteiger partial charge in [-0.3, -0.25) is 0 Å². The largest absolute Gasteiger partial charge is 0.465 e. The van der Waals surface area contributed by atoms with Gasteiger partial charge in [0.1, 0.15) is 9.26 Å². The van der Waals surface area contributed by atoms with Gasteiger partial charge in [0.05, 0.1) is 12.7 Å². The van der Waals surface area contributed by atoms with Gasteiger partial charge in [-0.05, 0) is 28.7 Å².